The molecular weight excluding hydrogens is 1730 g/mol. The third-order valence-electron chi connectivity index (χ3n) is 21.4. The van der Waals surface area contributed by atoms with Crippen molar-refractivity contribution in [1.82, 2.24) is 58.6 Å². The normalized spacial score (nSPS) is 23.1. The number of methoxy groups -OCH3 is 1. The Balaban J connectivity index is 0.000000276. The molecule has 686 valence electrons. The molecule has 3 amide bonds. The molecule has 125 heavy (non-hydrogen) atoms. The molecule has 4 saturated heterocycles. The maximum atomic E-state index is 14.4. The zero-order valence-electron chi connectivity index (χ0n) is 75.0. The number of ether oxygens (including phenoxy) is 5. The molecule has 13 rings (SSSR count). The number of fused-ring (bicyclic) bond motifs is 7. The number of rotatable bonds is 18. The van der Waals surface area contributed by atoms with Crippen LogP contribution in [0.3, 0.4) is 0 Å². The Morgan fingerprint density at radius 1 is 0.536 bits per heavy atom. The van der Waals surface area contributed by atoms with Crippen molar-refractivity contribution in [3.8, 4) is 0 Å². The molecule has 41 nitrogen and oxygen atoms in total. The Bertz CT molecular complexity index is 4850. The average molecular weight is 1860 g/mol. The van der Waals surface area contributed by atoms with E-state index in [1.807, 2.05) is 193 Å². The molecule has 0 spiro atoms. The molecule has 0 saturated carbocycles. The topological polar surface area (TPSA) is 538 Å². The smallest absolute Gasteiger partial charge is 0.280 e. The van der Waals surface area contributed by atoms with Crippen LogP contribution in [0.15, 0.2) is 125 Å². The van der Waals surface area contributed by atoms with Crippen molar-refractivity contribution >= 4 is 127 Å². The first-order valence-electron chi connectivity index (χ1n) is 41.0. The van der Waals surface area contributed by atoms with Gasteiger partial charge in [-0.15, -0.1) is 9.24 Å². The Labute approximate surface area is 732 Å². The van der Waals surface area contributed by atoms with E-state index in [1.165, 1.54) is 32.7 Å². The molecule has 9 aromatic heterocycles. The summed E-state index contributed by atoms with van der Waals surface area (Å²) in [5, 5.41) is 28.3. The van der Waals surface area contributed by atoms with Gasteiger partial charge in [-0.1, -0.05) is 122 Å². The fourth-order valence-electron chi connectivity index (χ4n) is 11.5. The third-order valence-corrected chi connectivity index (χ3v) is 36.6. The summed E-state index contributed by atoms with van der Waals surface area (Å²) in [7, 11) is -11.6. The van der Waals surface area contributed by atoms with Gasteiger partial charge in [0.05, 0.1) is 69.8 Å². The van der Waals surface area contributed by atoms with E-state index in [2.05, 4.69) is 89.7 Å². The Hall–Kier alpha value is -8.44. The van der Waals surface area contributed by atoms with Gasteiger partial charge >= 0.3 is 0 Å². The van der Waals surface area contributed by atoms with E-state index in [0.29, 0.717) is 6.35 Å². The zero-order valence-corrected chi connectivity index (χ0v) is 80.0. The van der Waals surface area contributed by atoms with Gasteiger partial charge in [-0.05, 0) is 54.4 Å². The van der Waals surface area contributed by atoms with Crippen molar-refractivity contribution in [2.24, 2.45) is 17.8 Å². The van der Waals surface area contributed by atoms with Crippen molar-refractivity contribution in [3.05, 3.63) is 142 Å². The van der Waals surface area contributed by atoms with Crippen LogP contribution in [0.2, 0.25) is 54.4 Å². The summed E-state index contributed by atoms with van der Waals surface area (Å²) < 4.78 is 84.4. The summed E-state index contributed by atoms with van der Waals surface area (Å²) in [4.78, 5) is 159. The number of imidazole rings is 3. The molecule has 3 unspecified atom stereocenters. The van der Waals surface area contributed by atoms with Crippen molar-refractivity contribution in [2.75, 3.05) is 49.2 Å². The monoisotopic (exact) mass is 1850 g/mol. The minimum absolute atomic E-state index is 0.00261. The van der Waals surface area contributed by atoms with Crippen LogP contribution < -0.4 is 62.5 Å². The maximum absolute atomic E-state index is 14.4. The fraction of sp³-hybridized carbons (Fsp3) is 0.564. The molecule has 13 heterocycles. The van der Waals surface area contributed by atoms with Crippen LogP contribution in [-0.2, 0) is 69.4 Å². The van der Waals surface area contributed by atoms with Gasteiger partial charge in [-0.3, -0.25) is 73.4 Å². The molecule has 15 atom stereocenters. The van der Waals surface area contributed by atoms with E-state index >= 15 is 0 Å². The van der Waals surface area contributed by atoms with Crippen LogP contribution >= 0.6 is 26.4 Å². The molecule has 4 aliphatic rings. The van der Waals surface area contributed by atoms with E-state index in [4.69, 9.17) is 51.7 Å². The van der Waals surface area contributed by atoms with E-state index in [0.717, 1.165) is 0 Å². The number of nitrogens with one attached hydrogen (secondary N) is 9. The summed E-state index contributed by atoms with van der Waals surface area (Å²) in [6.07, 6.45) is 0.315. The van der Waals surface area contributed by atoms with E-state index in [1.54, 1.807) is 41.5 Å². The van der Waals surface area contributed by atoms with Gasteiger partial charge in [0.1, 0.15) is 48.8 Å². The van der Waals surface area contributed by atoms with Crippen LogP contribution in [0.5, 0.6) is 0 Å². The zero-order chi connectivity index (χ0) is 93.1. The molecule has 47 heteroatoms. The molecular formula is C78H119N18O23P3Si3. The van der Waals surface area contributed by atoms with Gasteiger partial charge < -0.3 is 79.9 Å². The summed E-state index contributed by atoms with van der Waals surface area (Å²) in [6, 6.07) is 17.6. The van der Waals surface area contributed by atoms with E-state index < -0.39 is 182 Å². The van der Waals surface area contributed by atoms with Gasteiger partial charge in [-0.2, -0.15) is 15.0 Å². The number of hydrogen-bond donors (Lipinski definition) is 7. The van der Waals surface area contributed by atoms with Crippen LogP contribution in [0.4, 0.5) is 22.6 Å². The minimum atomic E-state index is -3.05. The van der Waals surface area contributed by atoms with Crippen molar-refractivity contribution < 1.29 is 111 Å². The molecule has 4 aliphatic heterocycles. The molecule has 10 N–H and O–H groups in total. The number of hydrogen-bond acceptors (Lipinski definition) is 29. The fourth-order valence-corrected chi connectivity index (χ4v) is 17.0. The number of carboxylic acid groups (broad SMARTS) is 1. The highest BCUT2D eigenvalue weighted by atomic mass is 31.2. The number of aromatic amines is 6. The molecule has 0 aliphatic carbocycles. The predicted molar refractivity (Wildman–Crippen MR) is 466 cm³/mol. The highest BCUT2D eigenvalue weighted by Crippen LogP contribution is 2.51. The Morgan fingerprint density at radius 2 is 0.848 bits per heavy atom. The number of pyridine rings is 3. The molecule has 0 aromatic carbocycles. The second-order valence-corrected chi connectivity index (χ2v) is 51.1. The highest BCUT2D eigenvalue weighted by molar-refractivity contribution is 7.39. The van der Waals surface area contributed by atoms with Gasteiger partial charge in [0, 0.05) is 61.2 Å². The molecule has 0 radical (unpaired) electrons. The van der Waals surface area contributed by atoms with Crippen LogP contribution in [0.1, 0.15) is 124 Å². The number of carbonyl (C=O) groups excluding carboxylic acids is 4. The first kappa shape index (κ1) is 100. The number of aliphatic hydroxyl groups is 1. The number of aliphatic hydroxyl groups excluding tert-OH is 1. The molecule has 4 bridgehead atoms. The number of carbonyl (C=O) groups is 4. The van der Waals surface area contributed by atoms with Gasteiger partial charge in [0.25, 0.3) is 22.8 Å². The van der Waals surface area contributed by atoms with Crippen molar-refractivity contribution in [3.63, 3.8) is 0 Å². The standard InChI is InChI=1S/C40H62N10O14P2Si2.C21H33N5O8Si.3C5H5N.C2H7OP/c1-19(2)31(51)45-37-43-29-23(33(53)47-37)41-17-49(29)35-27-25(63-67(11,12)39(5,6)7)21(59-35)15-57-66(56)62-28-26(64-68(13,14)40(8,9)10)22(16-58-65(55)61-27)60-36(28)50-18-42-24-30(50)44-38(48-34(24)54)46-32(52)20(3)4;1-10(2)16(28)24-19-23-15-12(17(29)25-19)22-9-26(15)18-14(33-20(30)31)13(11(8-27)32-18)34-35(6,7)21(3,4)5;3*1-2-4-6-5-3-1;1-3-2-4/h17-22,25-28,35-36H,15-16H2,1-14H3,(H2,43,45,47,51,53)(H2,44,46,48,52,54);9-11,13-14,18,27H,8H2,1-7H3,(H,30,31)(H2,23,24,25,28,29);3*1-5H;2,4H2,1H3/q-2;;;;;/p+2/t21-,22-,25-,26-,27-,28-,35-,36-,65?,66?;11-,13-,14-,18-;;;;/m11..../s1/i;;;;;1D. The maximum Gasteiger partial charge on any atom is 0.280 e. The second kappa shape index (κ2) is 44.5. The number of amides is 3. The Kier molecular flexibility index (Phi) is 35.7. The lowest BCUT2D eigenvalue weighted by atomic mass is 10.1. The van der Waals surface area contributed by atoms with Gasteiger partial charge in [0.15, 0.2) is 114 Å². The number of H-pyrrole nitrogens is 6. The Morgan fingerprint density at radius 3 is 1.10 bits per heavy atom. The van der Waals surface area contributed by atoms with Gasteiger partial charge in [0.2, 0.25) is 35.6 Å². The molecule has 9 aromatic rings. The highest BCUT2D eigenvalue weighted by Gasteiger charge is 2.56. The summed E-state index contributed by atoms with van der Waals surface area (Å²) in [5.74, 6) is -2.76. The lowest BCUT2D eigenvalue weighted by Gasteiger charge is -2.42. The SMILES string of the molecule is CC(C)C(=O)Nc1nc2c(ncn2[C@@H]2O[C@@H]3COP([O-])O[C@@H]4[C@H](O[Si](C)(C)C(C)(C)C)[C@@H](COP([O-])O[C@@H]2[C@@H]3O[Si](C)(C)C(C)(C)C)O[C@H]4n2cnc3c(=O)[nH]c(NC(=O)C(C)C)nc32)c(=O)[nH]1.CC(C)C(=O)Nc1nc2c(ncn2[C@@H]2O[C@H](CO)[C@@H](O[Si](C)(C)C(C)(C)C)[C@H]2OC(=O)[O-])c(=O)[nH]1.[2H]COCP.c1cc[nH+]cc1.c1cc[nH+]cc1.c1cc[nH+]cc1. The molecule has 4 fully saturated rings. The van der Waals surface area contributed by atoms with E-state index in [-0.39, 0.29) is 85.4 Å². The van der Waals surface area contributed by atoms with Gasteiger partial charge in [-0.25, -0.2) is 29.9 Å². The second-order valence-electron chi connectivity index (χ2n) is 34.7. The first-order chi connectivity index (χ1) is 59.1. The van der Waals surface area contributed by atoms with Crippen LogP contribution in [0, 0.1) is 17.8 Å². The largest absolute Gasteiger partial charge is 0.786 e. The first-order valence-corrected chi connectivity index (χ1v) is 52.0. The summed E-state index contributed by atoms with van der Waals surface area (Å²) >= 11 is 0. The summed E-state index contributed by atoms with van der Waals surface area (Å²) in [5.41, 5.74) is -2.11. The minimum Gasteiger partial charge on any atom is -0.786 e. The quantitative estimate of drug-likeness (QED) is 0.0267. The lowest BCUT2D eigenvalue weighted by molar-refractivity contribution is -0.378. The van der Waals surface area contributed by atoms with Crippen LogP contribution in [-0.4, -0.2) is 201 Å². The van der Waals surface area contributed by atoms with E-state index in [9.17, 15) is 53.6 Å². The third kappa shape index (κ3) is 26.9. The lowest BCUT2D eigenvalue weighted by Crippen LogP contribution is -2.51. The number of anilines is 3. The predicted octanol–water partition coefficient (Wildman–Crippen LogP) is 6.70. The number of nitrogens with zero attached hydrogens (tertiary/aromatic N) is 9. The van der Waals surface area contributed by atoms with Crippen molar-refractivity contribution in [1.29, 1.82) is 0 Å². The van der Waals surface area contributed by atoms with Crippen molar-refractivity contribution in [2.45, 2.75) is 232 Å². The van der Waals surface area contributed by atoms with Crippen LogP contribution in [0.25, 0.3) is 33.5 Å². The average Bonchev–Trinajstić information content (AvgIpc) is 1.61. The number of aromatic nitrogens is 15. The summed E-state index contributed by atoms with van der Waals surface area (Å²) in [6.45, 7) is 39.0.